The average molecular weight is 642 g/mol. The zero-order chi connectivity index (χ0) is 30.8. The van der Waals surface area contributed by atoms with Gasteiger partial charge in [-0.05, 0) is 46.9 Å². The Labute approximate surface area is 264 Å². The second-order valence-corrected chi connectivity index (χ2v) is 11.2. The van der Waals surface area contributed by atoms with Crippen LogP contribution in [0.3, 0.4) is 0 Å². The number of nitrogens with one attached hydrogen (secondary N) is 4. The van der Waals surface area contributed by atoms with Gasteiger partial charge in [0.15, 0.2) is 0 Å². The van der Waals surface area contributed by atoms with Crippen molar-refractivity contribution in [2.45, 2.75) is 90.6 Å². The van der Waals surface area contributed by atoms with Gasteiger partial charge in [-0.2, -0.15) is 0 Å². The number of fused-ring (bicyclic) bond motifs is 2. The van der Waals surface area contributed by atoms with Crippen LogP contribution in [0, 0.1) is 11.8 Å². The third-order valence-corrected chi connectivity index (χ3v) is 8.33. The summed E-state index contributed by atoms with van der Waals surface area (Å²) in [5, 5.41) is 33.9. The predicted molar refractivity (Wildman–Crippen MR) is 154 cm³/mol. The molecule has 237 valence electrons. The molecule has 0 saturated carbocycles. The van der Waals surface area contributed by atoms with Crippen LogP contribution in [0.1, 0.15) is 62.8 Å². The van der Waals surface area contributed by atoms with Gasteiger partial charge in [0.2, 0.25) is 11.8 Å². The quantitative estimate of drug-likeness (QED) is 0.263. The van der Waals surface area contributed by atoms with Crippen LogP contribution in [0.25, 0.3) is 0 Å². The standard InChI is InChI=1S/2C16H22N2O3.Cu/c2*1-3-10(2)14(16(20)21)18-15(19)13-8-11-6-4-5-7-12(11)9-17-13;/h2*4-7,10,13-14,17H,3,8-9H2,1-2H3,(H,18,19)(H,20,21);/q;;+2/p-2/t2*10?,13-,14?;/m00./s1. The fourth-order valence-corrected chi connectivity index (χ4v) is 5.13. The van der Waals surface area contributed by atoms with Gasteiger partial charge in [0.25, 0.3) is 0 Å². The van der Waals surface area contributed by atoms with Crippen LogP contribution in [0.2, 0.25) is 0 Å². The zero-order valence-electron chi connectivity index (χ0n) is 25.1. The van der Waals surface area contributed by atoms with Crippen LogP contribution in [0.4, 0.5) is 0 Å². The monoisotopic (exact) mass is 641 g/mol. The molecule has 2 aliphatic heterocycles. The summed E-state index contributed by atoms with van der Waals surface area (Å²) in [6, 6.07) is 13.2. The van der Waals surface area contributed by atoms with Crippen molar-refractivity contribution in [3.63, 3.8) is 0 Å². The average Bonchev–Trinajstić information content (AvgIpc) is 3.00. The molecular weight excluding hydrogens is 600 g/mol. The van der Waals surface area contributed by atoms with Crippen molar-refractivity contribution in [1.29, 1.82) is 0 Å². The fraction of sp³-hybridized carbons (Fsp3) is 0.500. The maximum Gasteiger partial charge on any atom is 2.00 e. The Kier molecular flexibility index (Phi) is 14.3. The summed E-state index contributed by atoms with van der Waals surface area (Å²) >= 11 is 0. The Hall–Kier alpha value is -3.24. The number of aliphatic carboxylic acids is 2. The topological polar surface area (TPSA) is 163 Å². The van der Waals surface area contributed by atoms with E-state index in [1.807, 2.05) is 62.4 Å². The van der Waals surface area contributed by atoms with Gasteiger partial charge in [-0.1, -0.05) is 89.1 Å². The number of rotatable bonds is 10. The number of carbonyl (C=O) groups excluding carboxylic acids is 4. The Morgan fingerprint density at radius 1 is 0.698 bits per heavy atom. The second-order valence-electron chi connectivity index (χ2n) is 11.2. The molecule has 11 heteroatoms. The molecule has 2 heterocycles. The molecule has 4 N–H and O–H groups in total. The summed E-state index contributed by atoms with van der Waals surface area (Å²) in [5.41, 5.74) is 4.62. The summed E-state index contributed by atoms with van der Waals surface area (Å²) in [4.78, 5) is 46.9. The molecule has 1 radical (unpaired) electrons. The molecule has 0 aromatic heterocycles. The molecule has 0 fully saturated rings. The van der Waals surface area contributed by atoms with E-state index in [0.29, 0.717) is 38.8 Å². The number of amides is 2. The van der Waals surface area contributed by atoms with Crippen molar-refractivity contribution in [2.75, 3.05) is 0 Å². The summed E-state index contributed by atoms with van der Waals surface area (Å²) in [6.07, 6.45) is 2.48. The molecule has 0 spiro atoms. The van der Waals surface area contributed by atoms with Gasteiger partial charge < -0.3 is 41.1 Å². The molecule has 6 atom stereocenters. The summed E-state index contributed by atoms with van der Waals surface area (Å²) < 4.78 is 0. The fourth-order valence-electron chi connectivity index (χ4n) is 5.13. The molecule has 4 unspecified atom stereocenters. The minimum atomic E-state index is -1.23. The van der Waals surface area contributed by atoms with Crippen molar-refractivity contribution in [2.24, 2.45) is 11.8 Å². The third kappa shape index (κ3) is 9.89. The van der Waals surface area contributed by atoms with Crippen LogP contribution >= 0.6 is 0 Å². The molecule has 2 aromatic rings. The Bertz CT molecular complexity index is 1160. The van der Waals surface area contributed by atoms with Crippen LogP contribution in [0.5, 0.6) is 0 Å². The first kappa shape index (κ1) is 36.0. The molecule has 2 aliphatic rings. The van der Waals surface area contributed by atoms with Gasteiger partial charge in [0, 0.05) is 13.1 Å². The number of carbonyl (C=O) groups is 4. The van der Waals surface area contributed by atoms with Gasteiger partial charge in [0.05, 0.1) is 36.1 Å². The smallest absolute Gasteiger partial charge is 0.548 e. The number of hydrogen-bond acceptors (Lipinski definition) is 8. The van der Waals surface area contributed by atoms with Crippen LogP contribution in [-0.2, 0) is 62.2 Å². The van der Waals surface area contributed by atoms with E-state index < -0.39 is 36.1 Å². The summed E-state index contributed by atoms with van der Waals surface area (Å²) in [6.45, 7) is 8.61. The van der Waals surface area contributed by atoms with Crippen LogP contribution < -0.4 is 31.5 Å². The van der Waals surface area contributed by atoms with Gasteiger partial charge in [-0.15, -0.1) is 0 Å². The SMILES string of the molecule is CCC(C)C(NC(=O)[C@@H]1Cc2ccccc2CN1)C(=O)[O-].CCC(C)C(NC(=O)[C@@H]1Cc2ccccc2CN1)C(=O)[O-].[Cu+2]. The van der Waals surface area contributed by atoms with Gasteiger partial charge in [0.1, 0.15) is 0 Å². The number of carboxylic acid groups (broad SMARTS) is 2. The van der Waals surface area contributed by atoms with Gasteiger partial charge in [-0.3, -0.25) is 9.59 Å². The molecule has 0 saturated heterocycles. The van der Waals surface area contributed by atoms with E-state index >= 15 is 0 Å². The molecule has 0 aliphatic carbocycles. The summed E-state index contributed by atoms with van der Waals surface area (Å²) in [5.74, 6) is -3.33. The van der Waals surface area contributed by atoms with Crippen LogP contribution in [-0.4, -0.2) is 47.9 Å². The van der Waals surface area contributed by atoms with E-state index in [0.717, 1.165) is 11.1 Å². The summed E-state index contributed by atoms with van der Waals surface area (Å²) in [7, 11) is 0. The van der Waals surface area contributed by atoms with Crippen molar-refractivity contribution >= 4 is 23.8 Å². The first-order valence-electron chi connectivity index (χ1n) is 14.7. The maximum atomic E-state index is 12.3. The maximum absolute atomic E-state index is 12.3. The van der Waals surface area contributed by atoms with Gasteiger partial charge in [-0.25, -0.2) is 0 Å². The van der Waals surface area contributed by atoms with E-state index in [1.54, 1.807) is 13.8 Å². The van der Waals surface area contributed by atoms with Crippen LogP contribution in [0.15, 0.2) is 48.5 Å². The minimum Gasteiger partial charge on any atom is -0.548 e. The Morgan fingerprint density at radius 3 is 1.33 bits per heavy atom. The third-order valence-electron chi connectivity index (χ3n) is 8.33. The van der Waals surface area contributed by atoms with Crippen molar-refractivity contribution in [3.8, 4) is 0 Å². The predicted octanol–water partition coefficient (Wildman–Crippen LogP) is -0.0391. The Balaban J connectivity index is 0.000000293. The second kappa shape index (κ2) is 17.2. The van der Waals surface area contributed by atoms with Crippen molar-refractivity contribution in [1.82, 2.24) is 21.3 Å². The molecule has 4 rings (SSSR count). The molecule has 2 aromatic carbocycles. The van der Waals surface area contributed by atoms with Crippen molar-refractivity contribution in [3.05, 3.63) is 70.8 Å². The largest absolute Gasteiger partial charge is 2.00 e. The van der Waals surface area contributed by atoms with E-state index in [1.165, 1.54) is 11.1 Å². The molecular formula is C32H42CuN4O6. The van der Waals surface area contributed by atoms with E-state index in [4.69, 9.17) is 0 Å². The number of carboxylic acids is 2. The minimum absolute atomic E-state index is 0. The molecule has 2 amide bonds. The molecule has 43 heavy (non-hydrogen) atoms. The Morgan fingerprint density at radius 2 is 1.02 bits per heavy atom. The van der Waals surface area contributed by atoms with Gasteiger partial charge >= 0.3 is 17.1 Å². The number of benzene rings is 2. The number of hydrogen-bond donors (Lipinski definition) is 4. The molecule has 10 nitrogen and oxygen atoms in total. The first-order chi connectivity index (χ1) is 20.0. The zero-order valence-corrected chi connectivity index (χ0v) is 26.0. The first-order valence-corrected chi connectivity index (χ1v) is 14.7. The van der Waals surface area contributed by atoms with E-state index in [-0.39, 0.29) is 40.7 Å². The normalized spacial score (nSPS) is 19.7. The van der Waals surface area contributed by atoms with E-state index in [9.17, 15) is 29.4 Å². The molecule has 0 bridgehead atoms. The van der Waals surface area contributed by atoms with E-state index in [2.05, 4.69) is 21.3 Å². The van der Waals surface area contributed by atoms with Crippen molar-refractivity contribution < 1.29 is 46.5 Å².